The molecule has 0 bridgehead atoms. The Balaban J connectivity index is 1.75. The molecule has 28 heavy (non-hydrogen) atoms. The van der Waals surface area contributed by atoms with Crippen molar-refractivity contribution in [2.75, 3.05) is 13.2 Å². The van der Waals surface area contributed by atoms with Gasteiger partial charge in [0, 0.05) is 12.1 Å². The molecule has 0 aliphatic heterocycles. The van der Waals surface area contributed by atoms with E-state index in [2.05, 4.69) is 5.32 Å². The van der Waals surface area contributed by atoms with Gasteiger partial charge in [0.05, 0.1) is 11.0 Å². The van der Waals surface area contributed by atoms with Crippen LogP contribution in [0.3, 0.4) is 0 Å². The predicted octanol–water partition coefficient (Wildman–Crippen LogP) is 3.09. The number of hydrogen-bond acceptors (Lipinski definition) is 6. The lowest BCUT2D eigenvalue weighted by atomic mass is 10.0. The van der Waals surface area contributed by atoms with Gasteiger partial charge in [0.25, 0.3) is 11.6 Å². The van der Waals surface area contributed by atoms with Crippen molar-refractivity contribution < 1.29 is 24.0 Å². The van der Waals surface area contributed by atoms with Gasteiger partial charge in [-0.1, -0.05) is 36.8 Å². The SMILES string of the molecule is CC[C@H](NC(=O)COC(=O)COc1ccc([N+](=O)[O-])cc1)c1ccc(C)cc1. The maximum atomic E-state index is 12.0. The van der Waals surface area contributed by atoms with Gasteiger partial charge in [0.2, 0.25) is 0 Å². The Labute approximate surface area is 162 Å². The molecular formula is C20H22N2O6. The largest absolute Gasteiger partial charge is 0.482 e. The van der Waals surface area contributed by atoms with Crippen molar-refractivity contribution in [3.8, 4) is 5.75 Å². The molecule has 1 N–H and O–H groups in total. The number of nitro groups is 1. The van der Waals surface area contributed by atoms with Gasteiger partial charge in [-0.3, -0.25) is 14.9 Å². The zero-order valence-corrected chi connectivity index (χ0v) is 15.7. The highest BCUT2D eigenvalue weighted by atomic mass is 16.6. The minimum atomic E-state index is -0.711. The van der Waals surface area contributed by atoms with E-state index < -0.39 is 30.0 Å². The third-order valence-electron chi connectivity index (χ3n) is 3.99. The maximum Gasteiger partial charge on any atom is 0.344 e. The van der Waals surface area contributed by atoms with Crippen molar-refractivity contribution in [1.29, 1.82) is 0 Å². The summed E-state index contributed by atoms with van der Waals surface area (Å²) in [4.78, 5) is 33.8. The summed E-state index contributed by atoms with van der Waals surface area (Å²) in [5.74, 6) is -0.828. The topological polar surface area (TPSA) is 108 Å². The van der Waals surface area contributed by atoms with Crippen LogP contribution < -0.4 is 10.1 Å². The second kappa shape index (κ2) is 10.1. The fraction of sp³-hybridized carbons (Fsp3) is 0.300. The molecule has 0 aliphatic rings. The second-order valence-corrected chi connectivity index (χ2v) is 6.14. The van der Waals surface area contributed by atoms with Crippen molar-refractivity contribution in [1.82, 2.24) is 5.32 Å². The molecule has 0 heterocycles. The first-order valence-electron chi connectivity index (χ1n) is 8.78. The van der Waals surface area contributed by atoms with E-state index in [4.69, 9.17) is 9.47 Å². The van der Waals surface area contributed by atoms with Gasteiger partial charge >= 0.3 is 5.97 Å². The van der Waals surface area contributed by atoms with E-state index in [1.165, 1.54) is 24.3 Å². The number of aryl methyl sites for hydroxylation is 1. The quantitative estimate of drug-likeness (QED) is 0.403. The van der Waals surface area contributed by atoms with Gasteiger partial charge in [0.15, 0.2) is 13.2 Å². The van der Waals surface area contributed by atoms with E-state index in [1.807, 2.05) is 38.1 Å². The lowest BCUT2D eigenvalue weighted by Gasteiger charge is -2.17. The van der Waals surface area contributed by atoms with Gasteiger partial charge in [0.1, 0.15) is 5.75 Å². The number of rotatable bonds is 9. The van der Waals surface area contributed by atoms with Gasteiger partial charge in [-0.05, 0) is 31.0 Å². The van der Waals surface area contributed by atoms with Gasteiger partial charge in [-0.2, -0.15) is 0 Å². The van der Waals surface area contributed by atoms with Crippen LogP contribution in [0.5, 0.6) is 5.75 Å². The molecule has 0 unspecified atom stereocenters. The van der Waals surface area contributed by atoms with Crippen molar-refractivity contribution in [2.24, 2.45) is 0 Å². The number of nitro benzene ring substituents is 1. The molecule has 0 fully saturated rings. The van der Waals surface area contributed by atoms with E-state index in [0.717, 1.165) is 11.1 Å². The van der Waals surface area contributed by atoms with Crippen molar-refractivity contribution >= 4 is 17.6 Å². The van der Waals surface area contributed by atoms with Crippen molar-refractivity contribution in [3.05, 3.63) is 69.8 Å². The minimum absolute atomic E-state index is 0.0781. The monoisotopic (exact) mass is 386 g/mol. The molecular weight excluding hydrogens is 364 g/mol. The van der Waals surface area contributed by atoms with Crippen LogP contribution in [-0.4, -0.2) is 30.0 Å². The summed E-state index contributed by atoms with van der Waals surface area (Å²) in [6, 6.07) is 13.0. The van der Waals surface area contributed by atoms with Crippen LogP contribution >= 0.6 is 0 Å². The number of carbonyl (C=O) groups excluding carboxylic acids is 2. The fourth-order valence-corrected chi connectivity index (χ4v) is 2.45. The molecule has 0 aliphatic carbocycles. The summed E-state index contributed by atoms with van der Waals surface area (Å²) in [5, 5.41) is 13.4. The smallest absolute Gasteiger partial charge is 0.344 e. The number of amides is 1. The molecule has 1 amide bonds. The molecule has 2 aromatic rings. The summed E-state index contributed by atoms with van der Waals surface area (Å²) in [6.45, 7) is 3.13. The Morgan fingerprint density at radius 1 is 1.07 bits per heavy atom. The summed E-state index contributed by atoms with van der Waals surface area (Å²) in [7, 11) is 0. The molecule has 148 valence electrons. The lowest BCUT2D eigenvalue weighted by molar-refractivity contribution is -0.384. The van der Waals surface area contributed by atoms with Crippen LogP contribution in [0.4, 0.5) is 5.69 Å². The zero-order chi connectivity index (χ0) is 20.5. The highest BCUT2D eigenvalue weighted by molar-refractivity contribution is 5.81. The fourth-order valence-electron chi connectivity index (χ4n) is 2.45. The highest BCUT2D eigenvalue weighted by Gasteiger charge is 2.15. The Kier molecular flexibility index (Phi) is 7.50. The van der Waals surface area contributed by atoms with Crippen LogP contribution in [0.15, 0.2) is 48.5 Å². The number of nitrogens with zero attached hydrogens (tertiary/aromatic N) is 1. The van der Waals surface area contributed by atoms with Crippen LogP contribution in [-0.2, 0) is 14.3 Å². The van der Waals surface area contributed by atoms with Crippen molar-refractivity contribution in [2.45, 2.75) is 26.3 Å². The number of non-ortho nitro benzene ring substituents is 1. The van der Waals surface area contributed by atoms with Crippen molar-refractivity contribution in [3.63, 3.8) is 0 Å². The molecule has 0 spiro atoms. The standard InChI is InChI=1S/C20H22N2O6/c1-3-18(15-6-4-14(2)5-7-15)21-19(23)12-28-20(24)13-27-17-10-8-16(9-11-17)22(25)26/h4-11,18H,3,12-13H2,1-2H3,(H,21,23)/t18-/m0/s1. The summed E-state index contributed by atoms with van der Waals surface area (Å²) >= 11 is 0. The van der Waals surface area contributed by atoms with Gasteiger partial charge in [-0.15, -0.1) is 0 Å². The van der Waals surface area contributed by atoms with Gasteiger partial charge in [-0.25, -0.2) is 4.79 Å². The first kappa shape index (κ1) is 20.9. The second-order valence-electron chi connectivity index (χ2n) is 6.14. The zero-order valence-electron chi connectivity index (χ0n) is 15.7. The first-order valence-corrected chi connectivity index (χ1v) is 8.78. The maximum absolute atomic E-state index is 12.0. The van der Waals surface area contributed by atoms with Crippen LogP contribution in [0.25, 0.3) is 0 Å². The Morgan fingerprint density at radius 2 is 1.71 bits per heavy atom. The molecule has 8 heteroatoms. The molecule has 0 saturated carbocycles. The number of ether oxygens (including phenoxy) is 2. The average molecular weight is 386 g/mol. The number of carbonyl (C=O) groups is 2. The molecule has 8 nitrogen and oxygen atoms in total. The molecule has 0 aromatic heterocycles. The molecule has 1 atom stereocenters. The predicted molar refractivity (Wildman–Crippen MR) is 102 cm³/mol. The molecule has 2 rings (SSSR count). The lowest BCUT2D eigenvalue weighted by Crippen LogP contribution is -2.32. The number of nitrogens with one attached hydrogen (secondary N) is 1. The Bertz CT molecular complexity index is 818. The summed E-state index contributed by atoms with van der Waals surface area (Å²) in [5.41, 5.74) is 2.03. The van der Waals surface area contributed by atoms with Gasteiger partial charge < -0.3 is 14.8 Å². The van der Waals surface area contributed by atoms with E-state index in [-0.39, 0.29) is 17.5 Å². The first-order chi connectivity index (χ1) is 13.4. The Morgan fingerprint density at radius 3 is 2.29 bits per heavy atom. The number of hydrogen-bond donors (Lipinski definition) is 1. The molecule has 2 aromatic carbocycles. The molecule has 0 saturated heterocycles. The van der Waals surface area contributed by atoms with Crippen LogP contribution in [0.1, 0.15) is 30.5 Å². The highest BCUT2D eigenvalue weighted by Crippen LogP contribution is 2.18. The van der Waals surface area contributed by atoms with Crippen LogP contribution in [0.2, 0.25) is 0 Å². The average Bonchev–Trinajstić information content (AvgIpc) is 2.70. The van der Waals surface area contributed by atoms with E-state index in [1.54, 1.807) is 0 Å². The summed E-state index contributed by atoms with van der Waals surface area (Å²) < 4.78 is 10.1. The third kappa shape index (κ3) is 6.39. The van der Waals surface area contributed by atoms with E-state index >= 15 is 0 Å². The normalized spacial score (nSPS) is 11.4. The third-order valence-corrected chi connectivity index (χ3v) is 3.99. The number of esters is 1. The Hall–Kier alpha value is -3.42. The summed E-state index contributed by atoms with van der Waals surface area (Å²) in [6.07, 6.45) is 0.700. The number of benzene rings is 2. The molecule has 0 radical (unpaired) electrons. The minimum Gasteiger partial charge on any atom is -0.482 e. The van der Waals surface area contributed by atoms with E-state index in [0.29, 0.717) is 6.42 Å². The van der Waals surface area contributed by atoms with Crippen LogP contribution in [0, 0.1) is 17.0 Å². The van der Waals surface area contributed by atoms with E-state index in [9.17, 15) is 19.7 Å².